The van der Waals surface area contributed by atoms with Crippen molar-refractivity contribution in [3.05, 3.63) is 23.3 Å². The molecule has 0 spiro atoms. The molecule has 2 unspecified atom stereocenters. The van der Waals surface area contributed by atoms with Crippen molar-refractivity contribution < 1.29 is 4.79 Å². The molecule has 0 aromatic rings. The summed E-state index contributed by atoms with van der Waals surface area (Å²) in [5, 5.41) is 0. The lowest BCUT2D eigenvalue weighted by Gasteiger charge is -2.35. The first-order chi connectivity index (χ1) is 8.40. The number of carbonyl (C=O) groups is 1. The Morgan fingerprint density at radius 2 is 2.17 bits per heavy atom. The number of hydrogen-bond donors (Lipinski definition) is 0. The van der Waals surface area contributed by atoms with Gasteiger partial charge in [0.1, 0.15) is 5.78 Å². The zero-order chi connectivity index (χ0) is 13.8. The quantitative estimate of drug-likeness (QED) is 0.620. The Morgan fingerprint density at radius 3 is 2.67 bits per heavy atom. The molecule has 1 rings (SSSR count). The summed E-state index contributed by atoms with van der Waals surface area (Å²) >= 11 is 0. The molecule has 0 aliphatic heterocycles. The molecule has 1 aliphatic carbocycles. The van der Waals surface area contributed by atoms with E-state index < -0.39 is 0 Å². The summed E-state index contributed by atoms with van der Waals surface area (Å²) in [7, 11) is 0. The Labute approximate surface area is 112 Å². The highest BCUT2D eigenvalue weighted by molar-refractivity contribution is 5.87. The van der Waals surface area contributed by atoms with Crippen LogP contribution in [0.3, 0.4) is 0 Å². The number of ketones is 1. The van der Waals surface area contributed by atoms with Gasteiger partial charge in [0, 0.05) is 11.8 Å². The number of carbonyl (C=O) groups excluding carboxylic acids is 1. The van der Waals surface area contributed by atoms with Crippen molar-refractivity contribution in [1.82, 2.24) is 0 Å². The van der Waals surface area contributed by atoms with Gasteiger partial charge in [0.2, 0.25) is 0 Å². The number of Topliss-reactive ketones (excluding diaryl/α,β-unsaturated/α-hetero) is 1. The molecule has 0 aromatic carbocycles. The van der Waals surface area contributed by atoms with Crippen molar-refractivity contribution in [2.45, 2.75) is 66.7 Å². The second kappa shape index (κ2) is 6.36. The summed E-state index contributed by atoms with van der Waals surface area (Å²) in [6, 6.07) is 0. The zero-order valence-corrected chi connectivity index (χ0v) is 12.7. The molecule has 0 aromatic heterocycles. The maximum atomic E-state index is 12.1. The molecule has 0 fully saturated rings. The second-order valence-corrected chi connectivity index (χ2v) is 6.12. The van der Waals surface area contributed by atoms with Crippen molar-refractivity contribution in [1.29, 1.82) is 0 Å². The first-order valence-corrected chi connectivity index (χ1v) is 7.25. The van der Waals surface area contributed by atoms with Crippen molar-refractivity contribution in [3.8, 4) is 0 Å². The van der Waals surface area contributed by atoms with Crippen LogP contribution >= 0.6 is 0 Å². The van der Waals surface area contributed by atoms with Crippen LogP contribution in [0.4, 0.5) is 0 Å². The van der Waals surface area contributed by atoms with Crippen molar-refractivity contribution in [2.24, 2.45) is 11.3 Å². The monoisotopic (exact) mass is 248 g/mol. The van der Waals surface area contributed by atoms with E-state index in [9.17, 15) is 4.79 Å². The molecule has 0 amide bonds. The molecule has 0 heterocycles. The Kier molecular flexibility index (Phi) is 5.37. The molecule has 1 aliphatic rings. The van der Waals surface area contributed by atoms with E-state index in [2.05, 4.69) is 39.8 Å². The summed E-state index contributed by atoms with van der Waals surface area (Å²) in [6.07, 6.45) is 9.90. The molecule has 102 valence electrons. The number of hydrogen-bond acceptors (Lipinski definition) is 1. The van der Waals surface area contributed by atoms with Gasteiger partial charge in [-0.3, -0.25) is 4.79 Å². The Bertz CT molecular complexity index is 358. The molecule has 0 radical (unpaired) electrons. The van der Waals surface area contributed by atoms with Gasteiger partial charge in [0.05, 0.1) is 0 Å². The minimum absolute atomic E-state index is 0.179. The van der Waals surface area contributed by atoms with Crippen molar-refractivity contribution >= 4 is 5.78 Å². The van der Waals surface area contributed by atoms with Gasteiger partial charge < -0.3 is 0 Å². The maximum Gasteiger partial charge on any atom is 0.142 e. The van der Waals surface area contributed by atoms with Crippen LogP contribution in [-0.2, 0) is 4.79 Å². The van der Waals surface area contributed by atoms with Crippen LogP contribution in [0.5, 0.6) is 0 Å². The van der Waals surface area contributed by atoms with Crippen LogP contribution in [0.1, 0.15) is 66.7 Å². The molecule has 0 saturated heterocycles. The molecular weight excluding hydrogens is 220 g/mol. The lowest BCUT2D eigenvalue weighted by Crippen LogP contribution is -2.32. The van der Waals surface area contributed by atoms with Crippen molar-refractivity contribution in [2.75, 3.05) is 0 Å². The van der Waals surface area contributed by atoms with E-state index in [4.69, 9.17) is 0 Å². The number of rotatable bonds is 5. The van der Waals surface area contributed by atoms with Crippen LogP contribution in [0.25, 0.3) is 0 Å². The topological polar surface area (TPSA) is 17.1 Å². The summed E-state index contributed by atoms with van der Waals surface area (Å²) < 4.78 is 0. The van der Waals surface area contributed by atoms with Gasteiger partial charge in [-0.05, 0) is 59.3 Å². The third-order valence-electron chi connectivity index (χ3n) is 4.40. The molecular formula is C17H28O. The third kappa shape index (κ3) is 3.57. The highest BCUT2D eigenvalue weighted by Gasteiger charge is 2.36. The van der Waals surface area contributed by atoms with Crippen LogP contribution in [0, 0.1) is 11.3 Å². The summed E-state index contributed by atoms with van der Waals surface area (Å²) in [6.45, 7) is 10.5. The van der Waals surface area contributed by atoms with E-state index in [0.29, 0.717) is 18.1 Å². The first kappa shape index (κ1) is 15.2. The highest BCUT2D eigenvalue weighted by Crippen LogP contribution is 2.41. The van der Waals surface area contributed by atoms with Crippen LogP contribution in [-0.4, -0.2) is 5.78 Å². The van der Waals surface area contributed by atoms with Gasteiger partial charge in [-0.25, -0.2) is 0 Å². The average molecular weight is 248 g/mol. The van der Waals surface area contributed by atoms with Gasteiger partial charge in [-0.15, -0.1) is 0 Å². The molecule has 0 N–H and O–H groups in total. The zero-order valence-electron chi connectivity index (χ0n) is 12.7. The maximum absolute atomic E-state index is 12.1. The first-order valence-electron chi connectivity index (χ1n) is 7.25. The molecule has 0 bridgehead atoms. The molecule has 2 atom stereocenters. The average Bonchev–Trinajstić information content (AvgIpc) is 2.32. The van der Waals surface area contributed by atoms with Gasteiger partial charge in [-0.2, -0.15) is 0 Å². The van der Waals surface area contributed by atoms with Crippen LogP contribution in [0.2, 0.25) is 0 Å². The van der Waals surface area contributed by atoms with Crippen molar-refractivity contribution in [3.63, 3.8) is 0 Å². The van der Waals surface area contributed by atoms with Crippen LogP contribution < -0.4 is 0 Å². The Morgan fingerprint density at radius 1 is 1.50 bits per heavy atom. The highest BCUT2D eigenvalue weighted by atomic mass is 16.1. The fourth-order valence-corrected chi connectivity index (χ4v) is 2.86. The molecule has 18 heavy (non-hydrogen) atoms. The van der Waals surface area contributed by atoms with E-state index in [1.54, 1.807) is 0 Å². The van der Waals surface area contributed by atoms with Crippen LogP contribution in [0.15, 0.2) is 23.3 Å². The second-order valence-electron chi connectivity index (χ2n) is 6.12. The van der Waals surface area contributed by atoms with Gasteiger partial charge in [0.15, 0.2) is 0 Å². The summed E-state index contributed by atoms with van der Waals surface area (Å²) in [5.41, 5.74) is 2.52. The molecule has 1 nitrogen and oxygen atoms in total. The van der Waals surface area contributed by atoms with E-state index in [-0.39, 0.29) is 5.41 Å². The van der Waals surface area contributed by atoms with E-state index >= 15 is 0 Å². The Hall–Kier alpha value is -0.850. The summed E-state index contributed by atoms with van der Waals surface area (Å²) in [4.78, 5) is 12.1. The Balaban J connectivity index is 2.66. The fourth-order valence-electron chi connectivity index (χ4n) is 2.86. The summed E-state index contributed by atoms with van der Waals surface area (Å²) in [5.74, 6) is 1.07. The van der Waals surface area contributed by atoms with Gasteiger partial charge in [-0.1, -0.05) is 30.2 Å². The van der Waals surface area contributed by atoms with E-state index in [1.165, 1.54) is 17.6 Å². The predicted molar refractivity (Wildman–Crippen MR) is 78.6 cm³/mol. The molecule has 0 saturated carbocycles. The lowest BCUT2D eigenvalue weighted by molar-refractivity contribution is -0.126. The standard InChI is InChI=1S/C17H28O/c1-6-16(18)17(5)11-10-15(12-14(17)4)9-7-8-13(2)3/h8,12,15H,6-7,9-11H2,1-5H3. The van der Waals surface area contributed by atoms with E-state index in [1.807, 2.05) is 6.92 Å². The fraction of sp³-hybridized carbons (Fsp3) is 0.706. The lowest BCUT2D eigenvalue weighted by atomic mass is 9.68. The minimum Gasteiger partial charge on any atom is -0.299 e. The smallest absolute Gasteiger partial charge is 0.142 e. The minimum atomic E-state index is -0.179. The predicted octanol–water partition coefficient (Wildman–Crippen LogP) is 5.07. The van der Waals surface area contributed by atoms with Gasteiger partial charge >= 0.3 is 0 Å². The SMILES string of the molecule is CCC(=O)C1(C)CCC(CCC=C(C)C)C=C1C. The van der Waals surface area contributed by atoms with E-state index in [0.717, 1.165) is 19.3 Å². The normalized spacial score (nSPS) is 27.6. The third-order valence-corrected chi connectivity index (χ3v) is 4.40. The largest absolute Gasteiger partial charge is 0.299 e. The number of allylic oxidation sites excluding steroid dienone is 4. The van der Waals surface area contributed by atoms with Gasteiger partial charge in [0.25, 0.3) is 0 Å². The molecule has 1 heteroatoms.